The first-order chi connectivity index (χ1) is 15.5. The van der Waals surface area contributed by atoms with E-state index in [2.05, 4.69) is 24.3 Å². The monoisotopic (exact) mass is 435 g/mol. The first-order valence-electron chi connectivity index (χ1n) is 10.9. The first-order valence-corrected chi connectivity index (χ1v) is 10.9. The molecule has 2 aromatic rings. The van der Waals surface area contributed by atoms with Crippen molar-refractivity contribution in [2.24, 2.45) is 0 Å². The number of fused-ring (bicyclic) bond motifs is 1. The van der Waals surface area contributed by atoms with Crippen molar-refractivity contribution in [3.05, 3.63) is 85.8 Å². The smallest absolute Gasteiger partial charge is 0.391 e. The van der Waals surface area contributed by atoms with Gasteiger partial charge in [0.15, 0.2) is 0 Å². The standard InChI is InChI=1S/C25H25NO6/c1-30-20-13-19-22-17-9-7-15-3-5-16(6-4-15)8-10-18(12-11-17)23(22)32-24(27)25(19,26(28)29)14-21(20)31-2/h3-6,11-12,19H,7-10,13-14H2,1-2H3/t19-,25+/m0/s1. The van der Waals surface area contributed by atoms with Crippen LogP contribution in [0, 0.1) is 10.1 Å². The van der Waals surface area contributed by atoms with Crippen LogP contribution in [0.15, 0.2) is 47.9 Å². The number of nitro groups is 1. The molecule has 5 aliphatic carbocycles. The van der Waals surface area contributed by atoms with Crippen molar-refractivity contribution in [2.45, 2.75) is 50.0 Å². The molecule has 8 rings (SSSR count). The fourth-order valence-electron chi connectivity index (χ4n) is 5.35. The van der Waals surface area contributed by atoms with Crippen molar-refractivity contribution in [2.75, 3.05) is 14.2 Å². The third kappa shape index (κ3) is 2.98. The normalized spacial score (nSPS) is 24.1. The van der Waals surface area contributed by atoms with E-state index in [-0.39, 0.29) is 12.8 Å². The number of ether oxygens (including phenoxy) is 3. The Labute approximate surface area is 186 Å². The Morgan fingerprint density at radius 1 is 0.938 bits per heavy atom. The van der Waals surface area contributed by atoms with E-state index < -0.39 is 22.3 Å². The second kappa shape index (κ2) is 7.65. The van der Waals surface area contributed by atoms with E-state index in [1.165, 1.54) is 25.3 Å². The first kappa shape index (κ1) is 20.5. The van der Waals surface area contributed by atoms with Gasteiger partial charge in [-0.15, -0.1) is 0 Å². The number of hydrogen-bond donors (Lipinski definition) is 0. The second-order valence-electron chi connectivity index (χ2n) is 8.70. The van der Waals surface area contributed by atoms with Crippen LogP contribution in [-0.2, 0) is 40.0 Å². The van der Waals surface area contributed by atoms with Crippen molar-refractivity contribution in [1.82, 2.24) is 0 Å². The molecule has 0 aromatic heterocycles. The third-order valence-electron chi connectivity index (χ3n) is 7.18. The Morgan fingerprint density at radius 2 is 1.53 bits per heavy atom. The molecule has 0 N–H and O–H groups in total. The van der Waals surface area contributed by atoms with Crippen LogP contribution in [0.4, 0.5) is 0 Å². The Bertz CT molecular complexity index is 1140. The van der Waals surface area contributed by atoms with Crippen LogP contribution in [0.3, 0.4) is 0 Å². The lowest BCUT2D eigenvalue weighted by atomic mass is 9.67. The van der Waals surface area contributed by atoms with Gasteiger partial charge in [0, 0.05) is 16.9 Å². The van der Waals surface area contributed by atoms with Gasteiger partial charge < -0.3 is 14.2 Å². The molecule has 0 saturated heterocycles. The highest BCUT2D eigenvalue weighted by Crippen LogP contribution is 2.53. The summed E-state index contributed by atoms with van der Waals surface area (Å²) in [7, 11) is 2.97. The van der Waals surface area contributed by atoms with Gasteiger partial charge >= 0.3 is 11.5 Å². The highest BCUT2D eigenvalue weighted by atomic mass is 16.6. The highest BCUT2D eigenvalue weighted by Gasteiger charge is 2.66. The number of esters is 1. The summed E-state index contributed by atoms with van der Waals surface area (Å²) in [6.45, 7) is 0. The minimum Gasteiger partial charge on any atom is -0.498 e. The van der Waals surface area contributed by atoms with Gasteiger partial charge in [-0.1, -0.05) is 36.4 Å². The van der Waals surface area contributed by atoms with E-state index in [1.807, 2.05) is 12.1 Å². The van der Waals surface area contributed by atoms with Crippen LogP contribution < -0.4 is 4.74 Å². The molecule has 0 spiro atoms. The Balaban J connectivity index is 1.71. The van der Waals surface area contributed by atoms with Gasteiger partial charge in [-0.2, -0.15) is 0 Å². The predicted molar refractivity (Wildman–Crippen MR) is 116 cm³/mol. The molecule has 0 amide bonds. The van der Waals surface area contributed by atoms with Gasteiger partial charge in [0.25, 0.3) is 0 Å². The molecular weight excluding hydrogens is 410 g/mol. The quantitative estimate of drug-likeness (QED) is 0.315. The lowest BCUT2D eigenvalue weighted by Gasteiger charge is -2.41. The lowest BCUT2D eigenvalue weighted by Crippen LogP contribution is -2.58. The van der Waals surface area contributed by atoms with Crippen molar-refractivity contribution in [1.29, 1.82) is 0 Å². The Kier molecular flexibility index (Phi) is 4.92. The maximum Gasteiger partial charge on any atom is 0.391 e. The van der Waals surface area contributed by atoms with E-state index >= 15 is 0 Å². The topological polar surface area (TPSA) is 87.9 Å². The number of rotatable bonds is 3. The van der Waals surface area contributed by atoms with Crippen molar-refractivity contribution in [3.63, 3.8) is 0 Å². The summed E-state index contributed by atoms with van der Waals surface area (Å²) in [4.78, 5) is 25.2. The predicted octanol–water partition coefficient (Wildman–Crippen LogP) is 3.89. The number of methoxy groups -OCH3 is 2. The molecule has 0 fully saturated rings. The highest BCUT2D eigenvalue weighted by molar-refractivity contribution is 5.87. The van der Waals surface area contributed by atoms with Gasteiger partial charge in [-0.25, -0.2) is 4.79 Å². The van der Waals surface area contributed by atoms with Crippen LogP contribution in [0.2, 0.25) is 0 Å². The molecule has 7 nitrogen and oxygen atoms in total. The summed E-state index contributed by atoms with van der Waals surface area (Å²) in [5.74, 6) is -0.128. The molecule has 2 aromatic carbocycles. The van der Waals surface area contributed by atoms with Crippen LogP contribution in [0.25, 0.3) is 0 Å². The van der Waals surface area contributed by atoms with Crippen molar-refractivity contribution < 1.29 is 23.9 Å². The largest absolute Gasteiger partial charge is 0.498 e. The average molecular weight is 435 g/mol. The zero-order valence-electron chi connectivity index (χ0n) is 18.2. The van der Waals surface area contributed by atoms with E-state index in [9.17, 15) is 14.9 Å². The summed E-state index contributed by atoms with van der Waals surface area (Å²) in [6.07, 6.45) is 3.01. The van der Waals surface area contributed by atoms with E-state index in [0.29, 0.717) is 30.1 Å². The lowest BCUT2D eigenvalue weighted by molar-refractivity contribution is -0.562. The van der Waals surface area contributed by atoms with Crippen LogP contribution in [0.1, 0.15) is 46.6 Å². The molecule has 0 unspecified atom stereocenters. The Hall–Kier alpha value is -3.35. The fraction of sp³-hybridized carbons (Fsp3) is 0.400. The zero-order chi connectivity index (χ0) is 22.5. The molecule has 166 valence electrons. The number of nitrogens with zero attached hydrogens (tertiary/aromatic N) is 1. The maximum atomic E-state index is 13.3. The SMILES string of the molecule is COC1=C(OC)C[C@]2([N+](=O)[O-])C(=O)Oc3c4ccc(c3[C@@H]2C1)CCc1ccc(cc1)CC4. The summed E-state index contributed by atoms with van der Waals surface area (Å²) < 4.78 is 16.8. The number of hydrogen-bond acceptors (Lipinski definition) is 6. The van der Waals surface area contributed by atoms with Crippen molar-refractivity contribution >= 4 is 5.97 Å². The molecule has 1 heterocycles. The van der Waals surface area contributed by atoms with E-state index in [1.54, 1.807) is 0 Å². The molecule has 1 aliphatic heterocycles. The van der Waals surface area contributed by atoms with Gasteiger partial charge in [0.1, 0.15) is 17.3 Å². The number of allylic oxidation sites excluding steroid dienone is 1. The molecule has 0 saturated carbocycles. The van der Waals surface area contributed by atoms with E-state index in [4.69, 9.17) is 14.2 Å². The summed E-state index contributed by atoms with van der Waals surface area (Å²) in [5, 5.41) is 12.4. The maximum absolute atomic E-state index is 13.3. The molecule has 2 atom stereocenters. The van der Waals surface area contributed by atoms with Crippen LogP contribution in [0.5, 0.6) is 5.75 Å². The van der Waals surface area contributed by atoms with Gasteiger partial charge in [0.2, 0.25) is 0 Å². The molecule has 32 heavy (non-hydrogen) atoms. The van der Waals surface area contributed by atoms with Crippen LogP contribution >= 0.6 is 0 Å². The van der Waals surface area contributed by atoms with Crippen molar-refractivity contribution in [3.8, 4) is 5.75 Å². The molecular formula is C25H25NO6. The van der Waals surface area contributed by atoms with Crippen LogP contribution in [-0.4, -0.2) is 30.7 Å². The summed E-state index contributed by atoms with van der Waals surface area (Å²) >= 11 is 0. The molecule has 4 bridgehead atoms. The minimum absolute atomic E-state index is 0.187. The van der Waals surface area contributed by atoms with Gasteiger partial charge in [-0.3, -0.25) is 10.1 Å². The summed E-state index contributed by atoms with van der Waals surface area (Å²) in [5.41, 5.74) is 3.15. The van der Waals surface area contributed by atoms with Gasteiger partial charge in [0.05, 0.1) is 26.6 Å². The third-order valence-corrected chi connectivity index (χ3v) is 7.18. The summed E-state index contributed by atoms with van der Waals surface area (Å²) in [6, 6.07) is 12.6. The number of carbonyl (C=O) groups excluding carboxylic acids is 1. The molecule has 0 radical (unpaired) electrons. The fourth-order valence-corrected chi connectivity index (χ4v) is 5.35. The molecule has 6 aliphatic rings. The number of carbonyl (C=O) groups is 1. The van der Waals surface area contributed by atoms with E-state index in [0.717, 1.165) is 29.5 Å². The minimum atomic E-state index is -1.93. The Morgan fingerprint density at radius 3 is 2.12 bits per heavy atom. The van der Waals surface area contributed by atoms with Gasteiger partial charge in [-0.05, 0) is 47.9 Å². The molecule has 7 heteroatoms. The zero-order valence-corrected chi connectivity index (χ0v) is 18.2. The number of benzene rings is 2. The second-order valence-corrected chi connectivity index (χ2v) is 8.70. The average Bonchev–Trinajstić information content (AvgIpc) is 2.79. The number of aryl methyl sites for hydroxylation is 4.